The molecule has 1 unspecified atom stereocenters. The fourth-order valence-electron chi connectivity index (χ4n) is 3.55. The SMILES string of the molecule is O=C1Nc2ccc(S(=O)(=O)Cc3ccccn3)cc2CC1CCOc1ccc(Cl)cc1Cl. The van der Waals surface area contributed by atoms with Gasteiger partial charge in [-0.2, -0.15) is 0 Å². The molecule has 6 nitrogen and oxygen atoms in total. The van der Waals surface area contributed by atoms with E-state index < -0.39 is 9.84 Å². The monoisotopic (exact) mass is 490 g/mol. The van der Waals surface area contributed by atoms with Gasteiger partial charge < -0.3 is 10.1 Å². The average molecular weight is 491 g/mol. The molecule has 1 atom stereocenters. The van der Waals surface area contributed by atoms with Gasteiger partial charge in [0, 0.05) is 22.8 Å². The molecule has 0 saturated carbocycles. The second-order valence-corrected chi connectivity index (χ2v) is 10.3. The smallest absolute Gasteiger partial charge is 0.227 e. The van der Waals surface area contributed by atoms with Crippen molar-refractivity contribution >= 4 is 44.6 Å². The Morgan fingerprint density at radius 3 is 2.69 bits per heavy atom. The van der Waals surface area contributed by atoms with Crippen molar-refractivity contribution < 1.29 is 17.9 Å². The summed E-state index contributed by atoms with van der Waals surface area (Å²) in [6, 6.07) is 14.9. The zero-order valence-electron chi connectivity index (χ0n) is 16.9. The largest absolute Gasteiger partial charge is 0.492 e. The lowest BCUT2D eigenvalue weighted by Gasteiger charge is -2.25. The first kappa shape index (κ1) is 22.6. The Morgan fingerprint density at radius 2 is 1.94 bits per heavy atom. The van der Waals surface area contributed by atoms with E-state index in [1.54, 1.807) is 54.7 Å². The van der Waals surface area contributed by atoms with Gasteiger partial charge in [-0.05, 0) is 66.9 Å². The van der Waals surface area contributed by atoms with Crippen LogP contribution in [0.25, 0.3) is 0 Å². The van der Waals surface area contributed by atoms with Crippen molar-refractivity contribution in [1.82, 2.24) is 4.98 Å². The minimum Gasteiger partial charge on any atom is -0.492 e. The van der Waals surface area contributed by atoms with Gasteiger partial charge in [-0.1, -0.05) is 29.3 Å². The lowest BCUT2D eigenvalue weighted by atomic mass is 9.91. The maximum atomic E-state index is 12.8. The van der Waals surface area contributed by atoms with E-state index in [0.717, 1.165) is 5.56 Å². The zero-order chi connectivity index (χ0) is 22.7. The average Bonchev–Trinajstić information content (AvgIpc) is 2.75. The van der Waals surface area contributed by atoms with Crippen molar-refractivity contribution in [3.05, 3.63) is 82.1 Å². The summed E-state index contributed by atoms with van der Waals surface area (Å²) < 4.78 is 31.4. The second kappa shape index (κ2) is 9.48. The third-order valence-corrected chi connectivity index (χ3v) is 7.39. The number of benzene rings is 2. The van der Waals surface area contributed by atoms with Crippen molar-refractivity contribution in [3.8, 4) is 5.75 Å². The van der Waals surface area contributed by atoms with Crippen molar-refractivity contribution in [2.24, 2.45) is 5.92 Å². The number of aromatic nitrogens is 1. The molecule has 0 saturated heterocycles. The van der Waals surface area contributed by atoms with Crippen molar-refractivity contribution in [2.45, 2.75) is 23.5 Å². The number of pyridine rings is 1. The topological polar surface area (TPSA) is 85.4 Å². The molecule has 3 aromatic rings. The lowest BCUT2D eigenvalue weighted by molar-refractivity contribution is -0.120. The summed E-state index contributed by atoms with van der Waals surface area (Å²) in [4.78, 5) is 16.8. The highest BCUT2D eigenvalue weighted by Gasteiger charge is 2.28. The summed E-state index contributed by atoms with van der Waals surface area (Å²) in [6.45, 7) is 0.284. The molecule has 32 heavy (non-hydrogen) atoms. The molecule has 1 amide bonds. The fraction of sp³-hybridized carbons (Fsp3) is 0.217. The lowest BCUT2D eigenvalue weighted by Crippen LogP contribution is -2.31. The van der Waals surface area contributed by atoms with Crippen LogP contribution in [0.2, 0.25) is 10.0 Å². The van der Waals surface area contributed by atoms with E-state index in [4.69, 9.17) is 27.9 Å². The predicted molar refractivity (Wildman–Crippen MR) is 124 cm³/mol. The molecule has 0 radical (unpaired) electrons. The molecule has 0 fully saturated rings. The van der Waals surface area contributed by atoms with Crippen LogP contribution in [0.15, 0.2) is 65.7 Å². The highest BCUT2D eigenvalue weighted by molar-refractivity contribution is 7.90. The van der Waals surface area contributed by atoms with Crippen LogP contribution in [-0.4, -0.2) is 25.9 Å². The summed E-state index contributed by atoms with van der Waals surface area (Å²) in [6.07, 6.45) is 2.44. The first-order valence-corrected chi connectivity index (χ1v) is 12.4. The third kappa shape index (κ3) is 5.23. The third-order valence-electron chi connectivity index (χ3n) is 5.21. The van der Waals surface area contributed by atoms with E-state index in [0.29, 0.717) is 40.0 Å². The zero-order valence-corrected chi connectivity index (χ0v) is 19.3. The first-order valence-electron chi connectivity index (χ1n) is 9.96. The number of amides is 1. The summed E-state index contributed by atoms with van der Waals surface area (Å²) in [5.41, 5.74) is 1.89. The fourth-order valence-corrected chi connectivity index (χ4v) is 5.33. The number of hydrogen-bond acceptors (Lipinski definition) is 5. The van der Waals surface area contributed by atoms with Crippen LogP contribution in [0.3, 0.4) is 0 Å². The van der Waals surface area contributed by atoms with Gasteiger partial charge in [0.25, 0.3) is 0 Å². The van der Waals surface area contributed by atoms with Gasteiger partial charge in [-0.15, -0.1) is 0 Å². The molecule has 2 heterocycles. The summed E-state index contributed by atoms with van der Waals surface area (Å²) >= 11 is 12.0. The molecule has 166 valence electrons. The Bertz CT molecular complexity index is 1250. The Balaban J connectivity index is 1.45. The maximum absolute atomic E-state index is 12.8. The molecular formula is C23H20Cl2N2O4S. The molecule has 1 aliphatic rings. The Morgan fingerprint density at radius 1 is 1.09 bits per heavy atom. The highest BCUT2D eigenvalue weighted by Crippen LogP contribution is 2.31. The number of nitrogens with zero attached hydrogens (tertiary/aromatic N) is 1. The first-order chi connectivity index (χ1) is 15.3. The van der Waals surface area contributed by atoms with Gasteiger partial charge in [0.05, 0.1) is 28.0 Å². The van der Waals surface area contributed by atoms with Crippen LogP contribution >= 0.6 is 23.2 Å². The van der Waals surface area contributed by atoms with Gasteiger partial charge in [-0.25, -0.2) is 8.42 Å². The molecule has 0 bridgehead atoms. The van der Waals surface area contributed by atoms with Crippen LogP contribution in [-0.2, 0) is 26.8 Å². The minimum absolute atomic E-state index is 0.118. The van der Waals surface area contributed by atoms with Gasteiger partial charge >= 0.3 is 0 Å². The second-order valence-electron chi connectivity index (χ2n) is 7.50. The standard InChI is InChI=1S/C23H20Cl2N2O4S/c24-17-4-7-22(20(25)13-17)31-10-8-15-11-16-12-19(5-6-21(16)27-23(15)28)32(29,30)14-18-3-1-2-9-26-18/h1-7,9,12-13,15H,8,10-11,14H2,(H,27,28). The molecule has 0 aliphatic carbocycles. The van der Waals surface area contributed by atoms with E-state index >= 15 is 0 Å². The quantitative estimate of drug-likeness (QED) is 0.506. The van der Waals surface area contributed by atoms with Gasteiger partial charge in [0.15, 0.2) is 9.84 Å². The van der Waals surface area contributed by atoms with Crippen LogP contribution in [0.1, 0.15) is 17.7 Å². The van der Waals surface area contributed by atoms with Crippen LogP contribution in [0, 0.1) is 5.92 Å². The number of ether oxygens (including phenoxy) is 1. The Kier molecular flexibility index (Phi) is 6.69. The molecule has 4 rings (SSSR count). The number of halogens is 2. The number of carbonyl (C=O) groups excluding carboxylic acids is 1. The number of sulfone groups is 1. The van der Waals surface area contributed by atoms with E-state index in [2.05, 4.69) is 10.3 Å². The Labute approximate surface area is 196 Å². The maximum Gasteiger partial charge on any atom is 0.227 e. The normalized spacial score (nSPS) is 15.7. The van der Waals surface area contributed by atoms with Gasteiger partial charge in [-0.3, -0.25) is 9.78 Å². The number of nitrogens with one attached hydrogen (secondary N) is 1. The number of fused-ring (bicyclic) bond motifs is 1. The molecular weight excluding hydrogens is 471 g/mol. The predicted octanol–water partition coefficient (Wildman–Crippen LogP) is 4.94. The molecule has 0 spiro atoms. The van der Waals surface area contributed by atoms with Gasteiger partial charge in [0.2, 0.25) is 5.91 Å². The van der Waals surface area contributed by atoms with E-state index in [-0.39, 0.29) is 29.1 Å². The van der Waals surface area contributed by atoms with Crippen molar-refractivity contribution in [2.75, 3.05) is 11.9 Å². The van der Waals surface area contributed by atoms with E-state index in [9.17, 15) is 13.2 Å². The minimum atomic E-state index is -3.56. The molecule has 2 aromatic carbocycles. The number of hydrogen-bond donors (Lipinski definition) is 1. The van der Waals surface area contributed by atoms with E-state index in [1.807, 2.05) is 0 Å². The molecule has 1 aromatic heterocycles. The summed E-state index contributed by atoms with van der Waals surface area (Å²) in [5, 5.41) is 3.78. The number of carbonyl (C=O) groups is 1. The number of rotatable bonds is 7. The molecule has 1 aliphatic heterocycles. The molecule has 1 N–H and O–H groups in total. The summed E-state index contributed by atoms with van der Waals surface area (Å²) in [5.74, 6) is -0.150. The van der Waals surface area contributed by atoms with E-state index in [1.165, 1.54) is 6.07 Å². The highest BCUT2D eigenvalue weighted by atomic mass is 35.5. The summed E-state index contributed by atoms with van der Waals surface area (Å²) in [7, 11) is -3.56. The number of anilines is 1. The Hall–Kier alpha value is -2.61. The van der Waals surface area contributed by atoms with Crippen molar-refractivity contribution in [3.63, 3.8) is 0 Å². The van der Waals surface area contributed by atoms with Crippen molar-refractivity contribution in [1.29, 1.82) is 0 Å². The van der Waals surface area contributed by atoms with Crippen LogP contribution in [0.4, 0.5) is 5.69 Å². The van der Waals surface area contributed by atoms with Crippen LogP contribution in [0.5, 0.6) is 5.75 Å². The van der Waals surface area contributed by atoms with Gasteiger partial charge in [0.1, 0.15) is 5.75 Å². The molecule has 9 heteroatoms. The van der Waals surface area contributed by atoms with Crippen LogP contribution < -0.4 is 10.1 Å².